The molecule has 2 rings (SSSR count). The standard InChI is InChI=1S/C15H13NO4/c1-19-16-14(15(17)18)12-9-5-6-10-13(12)20-11-7-3-2-4-8-11/h2-10H,1H3,(H,17,18). The van der Waals surface area contributed by atoms with Crippen molar-refractivity contribution in [2.24, 2.45) is 5.16 Å². The average molecular weight is 271 g/mol. The number of hydrogen-bond donors (Lipinski definition) is 1. The topological polar surface area (TPSA) is 68.1 Å². The van der Waals surface area contributed by atoms with Crippen molar-refractivity contribution < 1.29 is 19.5 Å². The van der Waals surface area contributed by atoms with Gasteiger partial charge in [0.25, 0.3) is 0 Å². The summed E-state index contributed by atoms with van der Waals surface area (Å²) in [5.74, 6) is -0.171. The number of carboxylic acids is 1. The van der Waals surface area contributed by atoms with E-state index in [0.29, 0.717) is 17.1 Å². The summed E-state index contributed by atoms with van der Waals surface area (Å²) in [6.45, 7) is 0. The molecule has 1 N–H and O–H groups in total. The summed E-state index contributed by atoms with van der Waals surface area (Å²) in [7, 11) is 1.30. The van der Waals surface area contributed by atoms with Crippen LogP contribution in [0.15, 0.2) is 59.8 Å². The molecular weight excluding hydrogens is 258 g/mol. The van der Waals surface area contributed by atoms with Crippen LogP contribution in [0.25, 0.3) is 0 Å². The van der Waals surface area contributed by atoms with E-state index in [-0.39, 0.29) is 5.71 Å². The highest BCUT2D eigenvalue weighted by Gasteiger charge is 2.18. The number of carboxylic acid groups (broad SMARTS) is 1. The lowest BCUT2D eigenvalue weighted by Crippen LogP contribution is -2.15. The van der Waals surface area contributed by atoms with Crippen molar-refractivity contribution in [2.45, 2.75) is 0 Å². The number of rotatable bonds is 5. The van der Waals surface area contributed by atoms with Gasteiger partial charge in [0.1, 0.15) is 18.6 Å². The van der Waals surface area contributed by atoms with Gasteiger partial charge >= 0.3 is 5.97 Å². The van der Waals surface area contributed by atoms with E-state index in [4.69, 9.17) is 4.74 Å². The van der Waals surface area contributed by atoms with E-state index in [0.717, 1.165) is 0 Å². The van der Waals surface area contributed by atoms with E-state index in [2.05, 4.69) is 9.99 Å². The monoisotopic (exact) mass is 271 g/mol. The molecule has 102 valence electrons. The Morgan fingerprint density at radius 3 is 2.35 bits per heavy atom. The minimum absolute atomic E-state index is 0.209. The molecule has 2 aromatic rings. The molecule has 0 bridgehead atoms. The molecule has 0 radical (unpaired) electrons. The minimum Gasteiger partial charge on any atom is -0.476 e. The molecule has 0 aromatic heterocycles. The van der Waals surface area contributed by atoms with Gasteiger partial charge in [-0.2, -0.15) is 0 Å². The molecule has 0 aliphatic carbocycles. The van der Waals surface area contributed by atoms with E-state index < -0.39 is 5.97 Å². The van der Waals surface area contributed by atoms with Crippen LogP contribution in [0.1, 0.15) is 5.56 Å². The highest BCUT2D eigenvalue weighted by atomic mass is 16.6. The number of ether oxygens (including phenoxy) is 1. The molecule has 2 aromatic carbocycles. The molecule has 0 amide bonds. The van der Waals surface area contributed by atoms with E-state index in [9.17, 15) is 9.90 Å². The molecule has 0 saturated heterocycles. The van der Waals surface area contributed by atoms with Crippen LogP contribution >= 0.6 is 0 Å². The average Bonchev–Trinajstić information content (AvgIpc) is 2.46. The highest BCUT2D eigenvalue weighted by molar-refractivity contribution is 6.43. The fraction of sp³-hybridized carbons (Fsp3) is 0.0667. The van der Waals surface area contributed by atoms with Gasteiger partial charge in [-0.3, -0.25) is 0 Å². The lowest BCUT2D eigenvalue weighted by molar-refractivity contribution is -0.129. The molecule has 0 spiro atoms. The fourth-order valence-electron chi connectivity index (χ4n) is 1.66. The van der Waals surface area contributed by atoms with Crippen molar-refractivity contribution in [3.8, 4) is 11.5 Å². The predicted molar refractivity (Wildman–Crippen MR) is 74.1 cm³/mol. The minimum atomic E-state index is -1.18. The zero-order chi connectivity index (χ0) is 14.4. The first-order valence-electron chi connectivity index (χ1n) is 5.89. The zero-order valence-corrected chi connectivity index (χ0v) is 10.8. The molecule has 20 heavy (non-hydrogen) atoms. The van der Waals surface area contributed by atoms with Gasteiger partial charge in [0.05, 0.1) is 5.56 Å². The van der Waals surface area contributed by atoms with E-state index in [1.54, 1.807) is 36.4 Å². The van der Waals surface area contributed by atoms with Gasteiger partial charge in [-0.05, 0) is 24.3 Å². The van der Waals surface area contributed by atoms with Crippen molar-refractivity contribution in [3.05, 3.63) is 60.2 Å². The summed E-state index contributed by atoms with van der Waals surface area (Å²) >= 11 is 0. The van der Waals surface area contributed by atoms with Gasteiger partial charge in [-0.1, -0.05) is 35.5 Å². The van der Waals surface area contributed by atoms with Crippen molar-refractivity contribution in [2.75, 3.05) is 7.11 Å². The molecule has 0 unspecified atom stereocenters. The Hall–Kier alpha value is -2.82. The number of carbonyl (C=O) groups is 1. The molecule has 0 aliphatic rings. The Morgan fingerprint density at radius 2 is 1.70 bits per heavy atom. The number of hydrogen-bond acceptors (Lipinski definition) is 4. The molecule has 0 heterocycles. The third-order valence-corrected chi connectivity index (χ3v) is 2.50. The molecule has 5 nitrogen and oxygen atoms in total. The number of aliphatic carboxylic acids is 1. The van der Waals surface area contributed by atoms with Gasteiger partial charge in [0, 0.05) is 0 Å². The van der Waals surface area contributed by atoms with Gasteiger partial charge < -0.3 is 14.7 Å². The number of oxime groups is 1. The van der Waals surface area contributed by atoms with Crippen molar-refractivity contribution in [1.29, 1.82) is 0 Å². The molecular formula is C15H13NO4. The SMILES string of the molecule is CON=C(C(=O)O)c1ccccc1Oc1ccccc1. The Labute approximate surface area is 116 Å². The summed E-state index contributed by atoms with van der Waals surface area (Å²) in [6, 6.07) is 15.9. The van der Waals surface area contributed by atoms with Crippen LogP contribution in [0.5, 0.6) is 11.5 Å². The van der Waals surface area contributed by atoms with Gasteiger partial charge in [-0.25, -0.2) is 4.79 Å². The first-order chi connectivity index (χ1) is 9.72. The van der Waals surface area contributed by atoms with Gasteiger partial charge in [-0.15, -0.1) is 0 Å². The van der Waals surface area contributed by atoms with Crippen LogP contribution in [0.4, 0.5) is 0 Å². The third-order valence-electron chi connectivity index (χ3n) is 2.50. The van der Waals surface area contributed by atoms with Crippen LogP contribution < -0.4 is 4.74 Å². The van der Waals surface area contributed by atoms with E-state index >= 15 is 0 Å². The predicted octanol–water partition coefficient (Wildman–Crippen LogP) is 2.91. The zero-order valence-electron chi connectivity index (χ0n) is 10.8. The van der Waals surface area contributed by atoms with Gasteiger partial charge in [0.15, 0.2) is 5.71 Å². The normalized spacial score (nSPS) is 10.9. The summed E-state index contributed by atoms with van der Waals surface area (Å²) in [6.07, 6.45) is 0. The summed E-state index contributed by atoms with van der Waals surface area (Å²) in [5.41, 5.74) is 0.143. The second-order valence-corrected chi connectivity index (χ2v) is 3.84. The second kappa shape index (κ2) is 6.38. The maximum Gasteiger partial charge on any atom is 0.358 e. The van der Waals surface area contributed by atoms with Crippen molar-refractivity contribution >= 4 is 11.7 Å². The van der Waals surface area contributed by atoms with Crippen LogP contribution in [0, 0.1) is 0 Å². The summed E-state index contributed by atoms with van der Waals surface area (Å²) < 4.78 is 5.69. The number of benzene rings is 2. The largest absolute Gasteiger partial charge is 0.476 e. The number of nitrogens with zero attached hydrogens (tertiary/aromatic N) is 1. The van der Waals surface area contributed by atoms with Crippen molar-refractivity contribution in [1.82, 2.24) is 0 Å². The van der Waals surface area contributed by atoms with Crippen LogP contribution in [-0.2, 0) is 9.63 Å². The maximum atomic E-state index is 11.2. The summed E-state index contributed by atoms with van der Waals surface area (Å²) in [5, 5.41) is 12.7. The van der Waals surface area contributed by atoms with E-state index in [1.807, 2.05) is 18.2 Å². The third kappa shape index (κ3) is 3.14. The first kappa shape index (κ1) is 13.6. The molecule has 5 heteroatoms. The Balaban J connectivity index is 2.40. The molecule has 0 aliphatic heterocycles. The molecule has 0 saturated carbocycles. The van der Waals surface area contributed by atoms with Crippen molar-refractivity contribution in [3.63, 3.8) is 0 Å². The smallest absolute Gasteiger partial charge is 0.358 e. The van der Waals surface area contributed by atoms with E-state index in [1.165, 1.54) is 7.11 Å². The molecule has 0 atom stereocenters. The Morgan fingerprint density at radius 1 is 1.05 bits per heavy atom. The molecule has 0 fully saturated rings. The Bertz CT molecular complexity index is 623. The second-order valence-electron chi connectivity index (χ2n) is 3.84. The van der Waals surface area contributed by atoms with Crippen LogP contribution in [0.2, 0.25) is 0 Å². The maximum absolute atomic E-state index is 11.2. The summed E-state index contributed by atoms with van der Waals surface area (Å²) in [4.78, 5) is 15.8. The Kier molecular flexibility index (Phi) is 4.34. The quantitative estimate of drug-likeness (QED) is 0.670. The lowest BCUT2D eigenvalue weighted by atomic mass is 10.1. The van der Waals surface area contributed by atoms with Crippen LogP contribution in [-0.4, -0.2) is 23.9 Å². The highest BCUT2D eigenvalue weighted by Crippen LogP contribution is 2.25. The number of para-hydroxylation sites is 2. The first-order valence-corrected chi connectivity index (χ1v) is 5.89. The van der Waals surface area contributed by atoms with Gasteiger partial charge in [0.2, 0.25) is 0 Å². The van der Waals surface area contributed by atoms with Crippen LogP contribution in [0.3, 0.4) is 0 Å². The fourth-order valence-corrected chi connectivity index (χ4v) is 1.66. The lowest BCUT2D eigenvalue weighted by Gasteiger charge is -2.10.